The van der Waals surface area contributed by atoms with Crippen LogP contribution in [0.2, 0.25) is 0 Å². The fourth-order valence-corrected chi connectivity index (χ4v) is 2.33. The van der Waals surface area contributed by atoms with Gasteiger partial charge in [0.05, 0.1) is 11.3 Å². The molecule has 0 spiro atoms. The number of cyclic esters (lactones) is 1. The molecule has 0 bridgehead atoms. The molecule has 5 heteroatoms. The number of carbonyl (C=O) groups excluding carboxylic acids is 1. The average molecular weight is 270 g/mol. The lowest BCUT2D eigenvalue weighted by Crippen LogP contribution is -2.21. The summed E-state index contributed by atoms with van der Waals surface area (Å²) in [5.41, 5.74) is 2.47. The quantitative estimate of drug-likeness (QED) is 0.671. The molecule has 0 unspecified atom stereocenters. The molecule has 3 rings (SSSR count). The summed E-state index contributed by atoms with van der Waals surface area (Å²) in [6, 6.07) is 13.7. The van der Waals surface area contributed by atoms with Gasteiger partial charge in [-0.3, -0.25) is 5.21 Å². The van der Waals surface area contributed by atoms with E-state index in [1.54, 1.807) is 24.3 Å². The summed E-state index contributed by atoms with van der Waals surface area (Å²) in [7, 11) is 0. The van der Waals surface area contributed by atoms with Crippen LogP contribution in [0, 0.1) is 5.21 Å². The van der Waals surface area contributed by atoms with Crippen molar-refractivity contribution in [1.29, 1.82) is 0 Å². The van der Waals surface area contributed by atoms with Gasteiger partial charge in [0.1, 0.15) is 6.10 Å². The number of anilines is 1. The second-order valence-electron chi connectivity index (χ2n) is 4.62. The fourth-order valence-electron chi connectivity index (χ4n) is 2.33. The van der Waals surface area contributed by atoms with E-state index in [1.165, 1.54) is 12.1 Å². The van der Waals surface area contributed by atoms with Gasteiger partial charge < -0.3 is 15.2 Å². The maximum atomic E-state index is 11.9. The van der Waals surface area contributed by atoms with E-state index in [4.69, 9.17) is 9.94 Å². The third kappa shape index (κ3) is 2.24. The van der Waals surface area contributed by atoms with E-state index in [1.807, 2.05) is 12.1 Å². The third-order valence-corrected chi connectivity index (χ3v) is 3.38. The van der Waals surface area contributed by atoms with Gasteiger partial charge in [-0.25, -0.2) is 4.79 Å². The third-order valence-electron chi connectivity index (χ3n) is 3.38. The van der Waals surface area contributed by atoms with Crippen LogP contribution in [0.15, 0.2) is 48.5 Å². The topological polar surface area (TPSA) is 72.8 Å². The number of fused-ring (bicyclic) bond motifs is 1. The van der Waals surface area contributed by atoms with Crippen molar-refractivity contribution in [2.75, 3.05) is 5.23 Å². The molecule has 0 saturated heterocycles. The van der Waals surface area contributed by atoms with E-state index in [0.717, 1.165) is 11.1 Å². The zero-order valence-corrected chi connectivity index (χ0v) is 10.5. The van der Waals surface area contributed by atoms with Crippen LogP contribution in [0.5, 0.6) is 0 Å². The number of hydrogen-bond donors (Lipinski definition) is 1. The fraction of sp³-hybridized carbons (Fsp3) is 0.133. The van der Waals surface area contributed by atoms with E-state index in [0.29, 0.717) is 12.0 Å². The Bertz CT molecular complexity index is 637. The average Bonchev–Trinajstić information content (AvgIpc) is 2.47. The van der Waals surface area contributed by atoms with Gasteiger partial charge in [0.15, 0.2) is 0 Å². The van der Waals surface area contributed by atoms with Crippen LogP contribution in [0.3, 0.4) is 0 Å². The lowest BCUT2D eigenvalue weighted by Gasteiger charge is -2.26. The predicted octanol–water partition coefficient (Wildman–Crippen LogP) is 2.83. The van der Waals surface area contributed by atoms with Crippen molar-refractivity contribution in [1.82, 2.24) is 0 Å². The highest BCUT2D eigenvalue weighted by Crippen LogP contribution is 2.31. The van der Waals surface area contributed by atoms with Gasteiger partial charge in [-0.05, 0) is 29.3 Å². The number of esters is 1. The molecule has 1 aliphatic rings. The van der Waals surface area contributed by atoms with Gasteiger partial charge in [-0.2, -0.15) is 0 Å². The monoisotopic (exact) mass is 270 g/mol. The lowest BCUT2D eigenvalue weighted by molar-refractivity contribution is 0.0253. The number of carbonyl (C=O) groups is 1. The number of ether oxygens (including phenoxy) is 1. The number of rotatable bonds is 2. The molecule has 0 amide bonds. The van der Waals surface area contributed by atoms with E-state index >= 15 is 0 Å². The summed E-state index contributed by atoms with van der Waals surface area (Å²) < 4.78 is 5.41. The molecule has 102 valence electrons. The summed E-state index contributed by atoms with van der Waals surface area (Å²) in [6.45, 7) is 0. The largest absolute Gasteiger partial charge is 0.733 e. The van der Waals surface area contributed by atoms with Crippen LogP contribution in [0.25, 0.3) is 0 Å². The minimum Gasteiger partial charge on any atom is -0.733 e. The highest BCUT2D eigenvalue weighted by atomic mass is 16.8. The molecule has 0 saturated carbocycles. The Morgan fingerprint density at radius 3 is 2.55 bits per heavy atom. The van der Waals surface area contributed by atoms with Crippen LogP contribution in [-0.4, -0.2) is 11.2 Å². The minimum absolute atomic E-state index is 0.135. The van der Waals surface area contributed by atoms with Gasteiger partial charge in [-0.15, -0.1) is 0 Å². The van der Waals surface area contributed by atoms with E-state index in [2.05, 4.69) is 0 Å². The first-order valence-corrected chi connectivity index (χ1v) is 6.20. The SMILES string of the molecule is O=C1O[C@H](c2ccc(N([O-])O)cc2)Cc2ccccc21. The zero-order valence-electron chi connectivity index (χ0n) is 10.5. The lowest BCUT2D eigenvalue weighted by atomic mass is 9.95. The van der Waals surface area contributed by atoms with Gasteiger partial charge in [0, 0.05) is 6.42 Å². The van der Waals surface area contributed by atoms with Crippen LogP contribution in [0.4, 0.5) is 5.69 Å². The first kappa shape index (κ1) is 12.7. The Kier molecular flexibility index (Phi) is 3.14. The first-order valence-electron chi connectivity index (χ1n) is 6.20. The summed E-state index contributed by atoms with van der Waals surface area (Å²) in [5, 5.41) is 19.3. The predicted molar refractivity (Wildman–Crippen MR) is 72.4 cm³/mol. The van der Waals surface area contributed by atoms with Crippen molar-refractivity contribution in [3.05, 3.63) is 70.4 Å². The van der Waals surface area contributed by atoms with Crippen LogP contribution in [0.1, 0.15) is 27.6 Å². The van der Waals surface area contributed by atoms with Gasteiger partial charge in [0.2, 0.25) is 0 Å². The van der Waals surface area contributed by atoms with Crippen molar-refractivity contribution < 1.29 is 14.7 Å². The van der Waals surface area contributed by atoms with Crippen molar-refractivity contribution in [2.45, 2.75) is 12.5 Å². The molecule has 0 radical (unpaired) electrons. The molecular weight excluding hydrogens is 258 g/mol. The number of benzene rings is 2. The molecule has 1 N–H and O–H groups in total. The maximum Gasteiger partial charge on any atom is 0.339 e. The standard InChI is InChI=1S/C15H12NO4/c17-15-13-4-2-1-3-11(13)9-14(20-15)10-5-7-12(8-6-10)16(18)19/h1-8,14,18H,9H2/q-1/t14-/m0/s1. The van der Waals surface area contributed by atoms with Gasteiger partial charge in [-0.1, -0.05) is 30.3 Å². The van der Waals surface area contributed by atoms with E-state index < -0.39 is 0 Å². The Morgan fingerprint density at radius 2 is 1.85 bits per heavy atom. The maximum absolute atomic E-state index is 11.9. The summed E-state index contributed by atoms with van der Waals surface area (Å²) >= 11 is 0. The van der Waals surface area contributed by atoms with Crippen LogP contribution in [-0.2, 0) is 11.2 Å². The van der Waals surface area contributed by atoms with Crippen molar-refractivity contribution in [3.63, 3.8) is 0 Å². The summed E-state index contributed by atoms with van der Waals surface area (Å²) in [5.74, 6) is -0.339. The van der Waals surface area contributed by atoms with E-state index in [9.17, 15) is 10.0 Å². The zero-order chi connectivity index (χ0) is 14.1. The molecule has 0 aliphatic carbocycles. The molecule has 0 aromatic heterocycles. The highest BCUT2D eigenvalue weighted by Gasteiger charge is 2.26. The molecule has 5 nitrogen and oxygen atoms in total. The molecular formula is C15H12NO4-. The van der Waals surface area contributed by atoms with Crippen LogP contribution >= 0.6 is 0 Å². The molecule has 1 atom stereocenters. The summed E-state index contributed by atoms with van der Waals surface area (Å²) in [4.78, 5) is 11.9. The molecule has 1 aliphatic heterocycles. The summed E-state index contributed by atoms with van der Waals surface area (Å²) in [6.07, 6.45) is 0.229. The second-order valence-corrected chi connectivity index (χ2v) is 4.62. The number of nitrogens with zero attached hydrogens (tertiary/aromatic N) is 1. The molecule has 2 aromatic rings. The smallest absolute Gasteiger partial charge is 0.339 e. The molecule has 20 heavy (non-hydrogen) atoms. The first-order chi connectivity index (χ1) is 9.65. The van der Waals surface area contributed by atoms with Crippen LogP contribution < -0.4 is 5.23 Å². The van der Waals surface area contributed by atoms with Crippen molar-refractivity contribution >= 4 is 11.7 Å². The minimum atomic E-state index is -0.370. The normalized spacial score (nSPS) is 17.3. The molecule has 0 fully saturated rings. The van der Waals surface area contributed by atoms with Gasteiger partial charge >= 0.3 is 5.97 Å². The van der Waals surface area contributed by atoms with Crippen molar-refractivity contribution in [2.24, 2.45) is 0 Å². The second kappa shape index (κ2) is 4.96. The molecule has 1 heterocycles. The van der Waals surface area contributed by atoms with Crippen molar-refractivity contribution in [3.8, 4) is 0 Å². The highest BCUT2D eigenvalue weighted by molar-refractivity contribution is 5.92. The Morgan fingerprint density at radius 1 is 1.15 bits per heavy atom. The van der Waals surface area contributed by atoms with E-state index in [-0.39, 0.29) is 23.0 Å². The Balaban J connectivity index is 1.88. The Labute approximate surface area is 115 Å². The van der Waals surface area contributed by atoms with Gasteiger partial charge in [0.25, 0.3) is 0 Å². The Hall–Kier alpha value is -2.37. The number of hydrogen-bond acceptors (Lipinski definition) is 5. The molecule has 2 aromatic carbocycles.